The fourth-order valence-corrected chi connectivity index (χ4v) is 4.93. The summed E-state index contributed by atoms with van der Waals surface area (Å²) in [7, 11) is 1.53. The highest BCUT2D eigenvalue weighted by molar-refractivity contribution is 5.98. The first-order valence-corrected chi connectivity index (χ1v) is 13.6. The number of rotatable bonds is 7. The molecule has 2 saturated heterocycles. The van der Waals surface area contributed by atoms with Crippen LogP contribution in [0.4, 0.5) is 0 Å². The third kappa shape index (κ3) is 6.84. The first kappa shape index (κ1) is 30.0. The number of hydrazine groups is 1. The van der Waals surface area contributed by atoms with Gasteiger partial charge >= 0.3 is 0 Å². The molecule has 2 aliphatic rings. The van der Waals surface area contributed by atoms with Gasteiger partial charge in [0, 0.05) is 31.3 Å². The molecule has 2 aromatic rings. The average Bonchev–Trinajstić information content (AvgIpc) is 3.48. The summed E-state index contributed by atoms with van der Waals surface area (Å²) in [4.78, 5) is 61.6. The van der Waals surface area contributed by atoms with Gasteiger partial charge in [-0.2, -0.15) is 0 Å². The largest absolute Gasteiger partial charge is 0.497 e. The highest BCUT2D eigenvalue weighted by Crippen LogP contribution is 2.19. The van der Waals surface area contributed by atoms with Crippen molar-refractivity contribution in [2.75, 3.05) is 13.7 Å². The van der Waals surface area contributed by atoms with Crippen LogP contribution < -0.4 is 26.1 Å². The summed E-state index contributed by atoms with van der Waals surface area (Å²) in [6, 6.07) is 1.95. The monoisotopic (exact) mass is 571 g/mol. The fraction of sp³-hybridized carbons (Fsp3) is 0.519. The van der Waals surface area contributed by atoms with Gasteiger partial charge in [-0.3, -0.25) is 24.2 Å². The van der Waals surface area contributed by atoms with Gasteiger partial charge in [-0.15, -0.1) is 0 Å². The lowest BCUT2D eigenvalue weighted by Crippen LogP contribution is -2.72. The van der Waals surface area contributed by atoms with E-state index in [-0.39, 0.29) is 25.3 Å². The van der Waals surface area contributed by atoms with Crippen LogP contribution in [0.1, 0.15) is 31.5 Å². The number of methoxy groups -OCH3 is 1. The summed E-state index contributed by atoms with van der Waals surface area (Å²) in [6.07, 6.45) is 0.489. The van der Waals surface area contributed by atoms with Gasteiger partial charge in [0.15, 0.2) is 6.04 Å². The van der Waals surface area contributed by atoms with E-state index >= 15 is 0 Å². The number of fused-ring (bicyclic) bond motifs is 1. The SMILES string of the molecule is CC[C@H](C)[C@H]1NC(=O)[C@H](Cc2ccc(OC)cc2)NC(=O)[C@@H]2[C@H](O)[C@H](O)CNN2C(=O)[C@H](Cc2cnc[nH]2)NC1=O. The molecule has 0 spiro atoms. The molecular weight excluding hydrogens is 534 g/mol. The molecule has 0 saturated carbocycles. The van der Waals surface area contributed by atoms with E-state index in [1.54, 1.807) is 31.2 Å². The number of nitrogens with one attached hydrogen (secondary N) is 5. The van der Waals surface area contributed by atoms with Gasteiger partial charge in [-0.1, -0.05) is 32.4 Å². The first-order chi connectivity index (χ1) is 19.6. The van der Waals surface area contributed by atoms with Crippen molar-refractivity contribution in [1.82, 2.24) is 36.4 Å². The molecule has 1 aromatic carbocycles. The number of imidazole rings is 1. The third-order valence-corrected chi connectivity index (χ3v) is 7.59. The van der Waals surface area contributed by atoms with Crippen LogP contribution in [0.3, 0.4) is 0 Å². The summed E-state index contributed by atoms with van der Waals surface area (Å²) in [5.41, 5.74) is 3.94. The highest BCUT2D eigenvalue weighted by Gasteiger charge is 2.47. The van der Waals surface area contributed by atoms with Gasteiger partial charge in [0.25, 0.3) is 5.91 Å². The second-order valence-corrected chi connectivity index (χ2v) is 10.4. The number of carbonyl (C=O) groups excluding carboxylic acids is 4. The minimum atomic E-state index is -1.66. The van der Waals surface area contributed by atoms with Gasteiger partial charge in [0.2, 0.25) is 17.7 Å². The number of β-amino-alcohol motifs (C(OH)–C–C–N with tert-alkyl or cyclic N) is 1. The predicted molar refractivity (Wildman–Crippen MR) is 145 cm³/mol. The van der Waals surface area contributed by atoms with Gasteiger partial charge in [0.1, 0.15) is 30.0 Å². The Morgan fingerprint density at radius 2 is 1.71 bits per heavy atom. The minimum Gasteiger partial charge on any atom is -0.497 e. The number of ether oxygens (including phenoxy) is 1. The molecule has 0 radical (unpaired) electrons. The van der Waals surface area contributed by atoms with Crippen molar-refractivity contribution in [3.63, 3.8) is 0 Å². The van der Waals surface area contributed by atoms with Crippen molar-refractivity contribution in [2.45, 2.75) is 69.5 Å². The molecule has 14 heteroatoms. The summed E-state index contributed by atoms with van der Waals surface area (Å²) >= 11 is 0. The number of aromatic amines is 1. The van der Waals surface area contributed by atoms with Crippen LogP contribution in [-0.4, -0.2) is 98.8 Å². The Morgan fingerprint density at radius 1 is 1.00 bits per heavy atom. The van der Waals surface area contributed by atoms with Gasteiger partial charge in [-0.05, 0) is 23.6 Å². The zero-order valence-corrected chi connectivity index (χ0v) is 23.2. The van der Waals surface area contributed by atoms with Crippen LogP contribution in [0.2, 0.25) is 0 Å². The fourth-order valence-electron chi connectivity index (χ4n) is 4.93. The van der Waals surface area contributed by atoms with Crippen molar-refractivity contribution >= 4 is 23.6 Å². The number of aliphatic hydroxyl groups excluding tert-OH is 2. The standard InChI is InChI=1S/C27H37N7O7/c1-4-14(2)21-25(38)32-19(10-16-11-28-13-29-16)27(40)34-22(23(36)20(35)12-30-34)26(39)31-18(24(37)33-21)9-15-5-7-17(41-3)8-6-15/h5-8,11,13-14,18-23,30,35-36H,4,9-10,12H2,1-3H3,(H,28,29)(H,31,39)(H,32,38)(H,33,37)/t14-,18-,19-,20+,21+,22-,23+/m0/s1. The number of aromatic nitrogens is 2. The lowest BCUT2D eigenvalue weighted by molar-refractivity contribution is -0.164. The van der Waals surface area contributed by atoms with Crippen molar-refractivity contribution in [2.24, 2.45) is 5.92 Å². The van der Waals surface area contributed by atoms with Crippen molar-refractivity contribution in [3.8, 4) is 5.75 Å². The predicted octanol–water partition coefficient (Wildman–Crippen LogP) is -1.85. The first-order valence-electron chi connectivity index (χ1n) is 13.6. The van der Waals surface area contributed by atoms with Crippen LogP contribution in [-0.2, 0) is 32.0 Å². The average molecular weight is 572 g/mol. The smallest absolute Gasteiger partial charge is 0.260 e. The zero-order chi connectivity index (χ0) is 29.7. The molecule has 2 aliphatic heterocycles. The molecule has 4 amide bonds. The molecule has 0 unspecified atom stereocenters. The molecule has 222 valence electrons. The van der Waals surface area contributed by atoms with E-state index in [0.717, 1.165) is 5.01 Å². The topological polar surface area (TPSA) is 198 Å². The van der Waals surface area contributed by atoms with Crippen molar-refractivity contribution in [3.05, 3.63) is 48.0 Å². The van der Waals surface area contributed by atoms with Crippen LogP contribution in [0.5, 0.6) is 5.75 Å². The minimum absolute atomic E-state index is 0.00297. The lowest BCUT2D eigenvalue weighted by atomic mass is 9.95. The number of H-pyrrole nitrogens is 1. The molecule has 7 atom stereocenters. The van der Waals surface area contributed by atoms with E-state index in [9.17, 15) is 29.4 Å². The van der Waals surface area contributed by atoms with Gasteiger partial charge in [-0.25, -0.2) is 10.4 Å². The van der Waals surface area contributed by atoms with Crippen molar-refractivity contribution < 1.29 is 34.1 Å². The van der Waals surface area contributed by atoms with E-state index < -0.39 is 60.0 Å². The number of aliphatic hydroxyl groups is 2. The number of nitrogens with zero attached hydrogens (tertiary/aromatic N) is 2. The summed E-state index contributed by atoms with van der Waals surface area (Å²) in [5.74, 6) is -2.44. The Balaban J connectivity index is 1.73. The lowest BCUT2D eigenvalue weighted by Gasteiger charge is -2.43. The molecule has 0 aliphatic carbocycles. The Morgan fingerprint density at radius 3 is 2.34 bits per heavy atom. The molecule has 14 nitrogen and oxygen atoms in total. The molecular formula is C27H37N7O7. The summed E-state index contributed by atoms with van der Waals surface area (Å²) in [6.45, 7) is 3.46. The molecule has 2 fully saturated rings. The van der Waals surface area contributed by atoms with Crippen molar-refractivity contribution in [1.29, 1.82) is 0 Å². The highest BCUT2D eigenvalue weighted by atomic mass is 16.5. The second kappa shape index (κ2) is 13.1. The summed E-state index contributed by atoms with van der Waals surface area (Å²) < 4.78 is 5.19. The molecule has 4 rings (SSSR count). The van der Waals surface area contributed by atoms with E-state index in [4.69, 9.17) is 4.74 Å². The van der Waals surface area contributed by atoms with Crippen LogP contribution in [0, 0.1) is 5.92 Å². The van der Waals surface area contributed by atoms with Gasteiger partial charge < -0.3 is 35.9 Å². The molecule has 0 bridgehead atoms. The molecule has 1 aromatic heterocycles. The van der Waals surface area contributed by atoms with Gasteiger partial charge in [0.05, 0.1) is 19.5 Å². The third-order valence-electron chi connectivity index (χ3n) is 7.59. The Kier molecular flexibility index (Phi) is 9.57. The number of carbonyl (C=O) groups is 4. The van der Waals surface area contributed by atoms with Crippen LogP contribution in [0.25, 0.3) is 0 Å². The number of hydrogen-bond donors (Lipinski definition) is 7. The maximum atomic E-state index is 13.9. The molecule has 41 heavy (non-hydrogen) atoms. The molecule has 3 heterocycles. The second-order valence-electron chi connectivity index (χ2n) is 10.4. The van der Waals surface area contributed by atoms with E-state index in [1.165, 1.54) is 19.6 Å². The van der Waals surface area contributed by atoms with E-state index in [0.29, 0.717) is 23.4 Å². The summed E-state index contributed by atoms with van der Waals surface area (Å²) in [5, 5.41) is 30.3. The maximum Gasteiger partial charge on any atom is 0.260 e. The Bertz CT molecular complexity index is 1220. The quantitative estimate of drug-likeness (QED) is 0.200. The Hall–Kier alpha value is -4.01. The van der Waals surface area contributed by atoms with Crippen LogP contribution >= 0.6 is 0 Å². The van der Waals surface area contributed by atoms with E-state index in [1.807, 2.05) is 6.92 Å². The number of benzene rings is 1. The number of hydrogen-bond acceptors (Lipinski definition) is 9. The normalized spacial score (nSPS) is 28.4. The maximum absolute atomic E-state index is 13.9. The molecule has 7 N–H and O–H groups in total. The zero-order valence-electron chi connectivity index (χ0n) is 23.2. The Labute approximate surface area is 237 Å². The van der Waals surface area contributed by atoms with E-state index in [2.05, 4.69) is 31.3 Å². The van der Waals surface area contributed by atoms with Crippen LogP contribution in [0.15, 0.2) is 36.8 Å². The number of amides is 4.